The molecule has 6 nitrogen and oxygen atoms in total. The number of rotatable bonds is 7. The standard InChI is InChI=1S/C20H23F3N2O4S/c1-4-30(27,28)29-18-11-5-15(6-12-18)13-25(14(2)3)19(26)24-17-9-7-16(8-10-17)20(21,22)23/h5-12,14H,4,13H2,1-3H3,(H,24,26). The number of halogens is 3. The summed E-state index contributed by atoms with van der Waals surface area (Å²) < 4.78 is 65.9. The maximum atomic E-state index is 12.7. The Hall–Kier alpha value is -2.75. The first kappa shape index (κ1) is 23.5. The van der Waals surface area contributed by atoms with Crippen LogP contribution in [0.3, 0.4) is 0 Å². The highest BCUT2D eigenvalue weighted by Gasteiger charge is 2.30. The molecular weight excluding hydrogens is 421 g/mol. The number of anilines is 1. The third kappa shape index (κ3) is 6.65. The van der Waals surface area contributed by atoms with E-state index < -0.39 is 27.9 Å². The molecule has 0 heterocycles. The lowest BCUT2D eigenvalue weighted by Crippen LogP contribution is -2.39. The van der Waals surface area contributed by atoms with Crippen molar-refractivity contribution in [1.29, 1.82) is 0 Å². The molecule has 0 saturated carbocycles. The second-order valence-corrected chi connectivity index (χ2v) is 8.66. The summed E-state index contributed by atoms with van der Waals surface area (Å²) in [6.07, 6.45) is -4.45. The van der Waals surface area contributed by atoms with Crippen molar-refractivity contribution < 1.29 is 30.6 Å². The van der Waals surface area contributed by atoms with E-state index in [0.717, 1.165) is 17.7 Å². The monoisotopic (exact) mass is 444 g/mol. The number of carbonyl (C=O) groups excluding carboxylic acids is 1. The molecule has 164 valence electrons. The summed E-state index contributed by atoms with van der Waals surface area (Å²) in [5.41, 5.74) is 0.174. The van der Waals surface area contributed by atoms with Crippen molar-refractivity contribution in [3.05, 3.63) is 59.7 Å². The summed E-state index contributed by atoms with van der Waals surface area (Å²) in [7, 11) is -3.63. The van der Waals surface area contributed by atoms with Crippen molar-refractivity contribution in [1.82, 2.24) is 4.90 Å². The predicted molar refractivity (Wildman–Crippen MR) is 108 cm³/mol. The van der Waals surface area contributed by atoms with Gasteiger partial charge < -0.3 is 14.4 Å². The summed E-state index contributed by atoms with van der Waals surface area (Å²) >= 11 is 0. The summed E-state index contributed by atoms with van der Waals surface area (Å²) in [6.45, 7) is 5.29. The van der Waals surface area contributed by atoms with E-state index in [2.05, 4.69) is 5.32 Å². The molecule has 0 bridgehead atoms. The van der Waals surface area contributed by atoms with Crippen molar-refractivity contribution in [3.8, 4) is 5.75 Å². The molecule has 30 heavy (non-hydrogen) atoms. The molecule has 0 radical (unpaired) electrons. The first-order chi connectivity index (χ1) is 13.9. The molecule has 2 amide bonds. The van der Waals surface area contributed by atoms with Crippen LogP contribution in [0, 0.1) is 0 Å². The molecule has 0 spiro atoms. The molecule has 0 unspecified atom stereocenters. The molecule has 1 N–H and O–H groups in total. The summed E-state index contributed by atoms with van der Waals surface area (Å²) in [4.78, 5) is 14.1. The maximum absolute atomic E-state index is 12.7. The van der Waals surface area contributed by atoms with Gasteiger partial charge in [-0.1, -0.05) is 12.1 Å². The van der Waals surface area contributed by atoms with Gasteiger partial charge in [0.1, 0.15) is 5.75 Å². The second kappa shape index (κ2) is 9.38. The first-order valence-corrected chi connectivity index (χ1v) is 10.7. The number of nitrogens with one attached hydrogen (secondary N) is 1. The molecule has 0 aliphatic heterocycles. The Bertz CT molecular complexity index is 957. The molecule has 2 aromatic rings. The third-order valence-electron chi connectivity index (χ3n) is 4.20. The number of alkyl halides is 3. The fourth-order valence-electron chi connectivity index (χ4n) is 2.48. The van der Waals surface area contributed by atoms with Gasteiger partial charge in [0, 0.05) is 18.3 Å². The molecule has 0 atom stereocenters. The van der Waals surface area contributed by atoms with Crippen LogP contribution in [-0.2, 0) is 22.8 Å². The van der Waals surface area contributed by atoms with E-state index in [-0.39, 0.29) is 29.8 Å². The Morgan fingerprint density at radius 1 is 1.07 bits per heavy atom. The van der Waals surface area contributed by atoms with Crippen LogP contribution < -0.4 is 9.50 Å². The van der Waals surface area contributed by atoms with Crippen molar-refractivity contribution >= 4 is 21.8 Å². The van der Waals surface area contributed by atoms with Crippen LogP contribution in [0.25, 0.3) is 0 Å². The highest BCUT2D eigenvalue weighted by atomic mass is 32.2. The minimum atomic E-state index is -4.45. The quantitative estimate of drug-likeness (QED) is 0.618. The van der Waals surface area contributed by atoms with Gasteiger partial charge in [-0.15, -0.1) is 0 Å². The third-order valence-corrected chi connectivity index (χ3v) is 5.35. The molecule has 0 aliphatic carbocycles. The van der Waals surface area contributed by atoms with Gasteiger partial charge in [0.15, 0.2) is 0 Å². The Balaban J connectivity index is 2.07. The zero-order valence-electron chi connectivity index (χ0n) is 16.7. The highest BCUT2D eigenvalue weighted by Crippen LogP contribution is 2.30. The Morgan fingerprint density at radius 3 is 2.10 bits per heavy atom. The molecule has 10 heteroatoms. The average Bonchev–Trinajstić information content (AvgIpc) is 2.66. The number of carbonyl (C=O) groups is 1. The molecule has 2 rings (SSSR count). The predicted octanol–water partition coefficient (Wildman–Crippen LogP) is 4.88. The van der Waals surface area contributed by atoms with Crippen molar-refractivity contribution in [2.24, 2.45) is 0 Å². The van der Waals surface area contributed by atoms with Gasteiger partial charge in [-0.3, -0.25) is 0 Å². The lowest BCUT2D eigenvalue weighted by molar-refractivity contribution is -0.137. The van der Waals surface area contributed by atoms with Gasteiger partial charge >= 0.3 is 22.3 Å². The number of hydrogen-bond donors (Lipinski definition) is 1. The maximum Gasteiger partial charge on any atom is 0.416 e. The molecule has 0 aliphatic rings. The fourth-order valence-corrected chi connectivity index (χ4v) is 3.00. The van der Waals surface area contributed by atoms with Crippen LogP contribution >= 0.6 is 0 Å². The van der Waals surface area contributed by atoms with Crippen LogP contribution in [-0.4, -0.2) is 31.1 Å². The number of urea groups is 1. The van der Waals surface area contributed by atoms with Gasteiger partial charge in [-0.05, 0) is 62.7 Å². The van der Waals surface area contributed by atoms with Crippen LogP contribution in [0.5, 0.6) is 5.75 Å². The minimum absolute atomic E-state index is 0.153. The normalized spacial score (nSPS) is 12.0. The Labute approximate surface area is 173 Å². The number of hydrogen-bond acceptors (Lipinski definition) is 4. The minimum Gasteiger partial charge on any atom is -0.382 e. The fraction of sp³-hybridized carbons (Fsp3) is 0.350. The second-order valence-electron chi connectivity index (χ2n) is 6.80. The lowest BCUT2D eigenvalue weighted by Gasteiger charge is -2.27. The van der Waals surface area contributed by atoms with E-state index in [1.807, 2.05) is 0 Å². The van der Waals surface area contributed by atoms with E-state index in [1.165, 1.54) is 36.1 Å². The lowest BCUT2D eigenvalue weighted by atomic mass is 10.2. The van der Waals surface area contributed by atoms with Gasteiger partial charge in [-0.25, -0.2) is 4.79 Å². The number of amides is 2. The van der Waals surface area contributed by atoms with E-state index in [1.54, 1.807) is 26.0 Å². The zero-order valence-corrected chi connectivity index (χ0v) is 17.5. The van der Waals surface area contributed by atoms with Crippen LogP contribution in [0.2, 0.25) is 0 Å². The number of nitrogens with zero attached hydrogens (tertiary/aromatic N) is 1. The highest BCUT2D eigenvalue weighted by molar-refractivity contribution is 7.87. The first-order valence-electron chi connectivity index (χ1n) is 9.17. The largest absolute Gasteiger partial charge is 0.416 e. The van der Waals surface area contributed by atoms with Crippen molar-refractivity contribution in [2.75, 3.05) is 11.1 Å². The molecule has 0 aromatic heterocycles. The molecular formula is C20H23F3N2O4S. The van der Waals surface area contributed by atoms with Gasteiger partial charge in [0.05, 0.1) is 11.3 Å². The Kier molecular flexibility index (Phi) is 7.35. The van der Waals surface area contributed by atoms with E-state index in [4.69, 9.17) is 4.18 Å². The van der Waals surface area contributed by atoms with E-state index in [0.29, 0.717) is 0 Å². The van der Waals surface area contributed by atoms with Crippen molar-refractivity contribution in [3.63, 3.8) is 0 Å². The SMILES string of the molecule is CCS(=O)(=O)Oc1ccc(CN(C(=O)Nc2ccc(C(F)(F)F)cc2)C(C)C)cc1. The van der Waals surface area contributed by atoms with Crippen molar-refractivity contribution in [2.45, 2.75) is 39.5 Å². The summed E-state index contributed by atoms with van der Waals surface area (Å²) in [6, 6.07) is 9.79. The molecule has 2 aromatic carbocycles. The van der Waals surface area contributed by atoms with Crippen LogP contribution in [0.4, 0.5) is 23.7 Å². The smallest absolute Gasteiger partial charge is 0.382 e. The average molecular weight is 444 g/mol. The zero-order chi connectivity index (χ0) is 22.5. The number of benzene rings is 2. The summed E-state index contributed by atoms with van der Waals surface area (Å²) in [5.74, 6) is 0.0194. The Morgan fingerprint density at radius 2 is 1.63 bits per heavy atom. The van der Waals surface area contributed by atoms with Gasteiger partial charge in [-0.2, -0.15) is 21.6 Å². The van der Waals surface area contributed by atoms with Gasteiger partial charge in [0.2, 0.25) is 0 Å². The van der Waals surface area contributed by atoms with Crippen LogP contribution in [0.1, 0.15) is 31.9 Å². The molecule has 0 fully saturated rings. The van der Waals surface area contributed by atoms with Gasteiger partial charge in [0.25, 0.3) is 0 Å². The van der Waals surface area contributed by atoms with E-state index >= 15 is 0 Å². The van der Waals surface area contributed by atoms with Crippen LogP contribution in [0.15, 0.2) is 48.5 Å². The van der Waals surface area contributed by atoms with E-state index in [9.17, 15) is 26.4 Å². The topological polar surface area (TPSA) is 75.7 Å². The molecule has 0 saturated heterocycles. The summed E-state index contributed by atoms with van der Waals surface area (Å²) in [5, 5.41) is 2.59.